The molecule has 0 bridgehead atoms. The van der Waals surface area contributed by atoms with Gasteiger partial charge in [0, 0.05) is 18.5 Å². The molecule has 1 rings (SSSR count). The quantitative estimate of drug-likeness (QED) is 0.730. The van der Waals surface area contributed by atoms with E-state index in [1.165, 1.54) is 32.4 Å². The van der Waals surface area contributed by atoms with Crippen LogP contribution in [0.15, 0.2) is 0 Å². The molecule has 0 spiro atoms. The van der Waals surface area contributed by atoms with Gasteiger partial charge < -0.3 is 15.0 Å². The fourth-order valence-corrected chi connectivity index (χ4v) is 3.08. The Morgan fingerprint density at radius 1 is 1.09 bits per heavy atom. The van der Waals surface area contributed by atoms with Crippen molar-refractivity contribution in [2.75, 3.05) is 39.4 Å². The SMILES string of the molecule is CC(C)(C)CC1CCN(CCOCCNC(=O)C(C)(C)C)CC1. The topological polar surface area (TPSA) is 41.6 Å². The van der Waals surface area contributed by atoms with Gasteiger partial charge in [0.05, 0.1) is 13.2 Å². The number of carbonyl (C=O) groups is 1. The van der Waals surface area contributed by atoms with Gasteiger partial charge in [-0.15, -0.1) is 0 Å². The van der Waals surface area contributed by atoms with Crippen molar-refractivity contribution in [2.24, 2.45) is 16.7 Å². The van der Waals surface area contributed by atoms with Gasteiger partial charge in [-0.3, -0.25) is 4.79 Å². The predicted molar refractivity (Wildman–Crippen MR) is 96.5 cm³/mol. The number of piperidine rings is 1. The second-order valence-corrected chi connectivity index (χ2v) is 9.17. The summed E-state index contributed by atoms with van der Waals surface area (Å²) in [6.07, 6.45) is 3.97. The first-order chi connectivity index (χ1) is 10.6. The maximum atomic E-state index is 11.7. The Balaban J connectivity index is 2.03. The molecular formula is C19H38N2O2. The van der Waals surface area contributed by atoms with E-state index in [2.05, 4.69) is 31.0 Å². The molecule has 0 atom stereocenters. The van der Waals surface area contributed by atoms with Gasteiger partial charge in [0.2, 0.25) is 5.91 Å². The van der Waals surface area contributed by atoms with Crippen molar-refractivity contribution in [1.82, 2.24) is 10.2 Å². The molecule has 0 aliphatic carbocycles. The zero-order valence-corrected chi connectivity index (χ0v) is 16.2. The zero-order chi connectivity index (χ0) is 17.5. The smallest absolute Gasteiger partial charge is 0.225 e. The molecule has 0 aromatic rings. The first-order valence-corrected chi connectivity index (χ1v) is 9.16. The summed E-state index contributed by atoms with van der Waals surface area (Å²) in [5, 5.41) is 2.91. The summed E-state index contributed by atoms with van der Waals surface area (Å²) < 4.78 is 5.65. The highest BCUT2D eigenvalue weighted by atomic mass is 16.5. The third-order valence-corrected chi connectivity index (χ3v) is 4.37. The van der Waals surface area contributed by atoms with Crippen LogP contribution in [0.5, 0.6) is 0 Å². The molecule has 4 nitrogen and oxygen atoms in total. The molecule has 4 heteroatoms. The van der Waals surface area contributed by atoms with Crippen molar-refractivity contribution >= 4 is 5.91 Å². The minimum Gasteiger partial charge on any atom is -0.378 e. The molecule has 0 aromatic carbocycles. The molecule has 1 amide bonds. The Kier molecular flexibility index (Phi) is 8.02. The van der Waals surface area contributed by atoms with E-state index in [1.807, 2.05) is 20.8 Å². The van der Waals surface area contributed by atoms with Gasteiger partial charge >= 0.3 is 0 Å². The highest BCUT2D eigenvalue weighted by molar-refractivity contribution is 5.81. The lowest BCUT2D eigenvalue weighted by Crippen LogP contribution is -2.38. The number of likely N-dealkylation sites (tertiary alicyclic amines) is 1. The highest BCUT2D eigenvalue weighted by Gasteiger charge is 2.23. The highest BCUT2D eigenvalue weighted by Crippen LogP contribution is 2.30. The molecule has 23 heavy (non-hydrogen) atoms. The van der Waals surface area contributed by atoms with Gasteiger partial charge in [0.25, 0.3) is 0 Å². The lowest BCUT2D eigenvalue weighted by atomic mass is 9.80. The molecule has 0 aromatic heterocycles. The predicted octanol–water partition coefficient (Wildman–Crippen LogP) is 3.31. The van der Waals surface area contributed by atoms with Crippen molar-refractivity contribution in [2.45, 2.75) is 60.8 Å². The summed E-state index contributed by atoms with van der Waals surface area (Å²) in [6, 6.07) is 0. The molecule has 1 N–H and O–H groups in total. The van der Waals surface area contributed by atoms with Crippen molar-refractivity contribution < 1.29 is 9.53 Å². The van der Waals surface area contributed by atoms with Gasteiger partial charge in [0.1, 0.15) is 0 Å². The largest absolute Gasteiger partial charge is 0.378 e. The van der Waals surface area contributed by atoms with Gasteiger partial charge in [-0.05, 0) is 43.7 Å². The molecule has 0 saturated carbocycles. The summed E-state index contributed by atoms with van der Waals surface area (Å²) >= 11 is 0. The van der Waals surface area contributed by atoms with Crippen molar-refractivity contribution in [1.29, 1.82) is 0 Å². The third-order valence-electron chi connectivity index (χ3n) is 4.37. The number of hydrogen-bond donors (Lipinski definition) is 1. The average molecular weight is 327 g/mol. The van der Waals surface area contributed by atoms with Gasteiger partial charge in [-0.1, -0.05) is 41.5 Å². The van der Waals surface area contributed by atoms with E-state index in [9.17, 15) is 4.79 Å². The van der Waals surface area contributed by atoms with Crippen LogP contribution in [0.3, 0.4) is 0 Å². The lowest BCUT2D eigenvalue weighted by molar-refractivity contribution is -0.128. The first kappa shape index (κ1) is 20.4. The fraction of sp³-hybridized carbons (Fsp3) is 0.947. The summed E-state index contributed by atoms with van der Waals surface area (Å²) in [5.41, 5.74) is 0.130. The number of hydrogen-bond acceptors (Lipinski definition) is 3. The summed E-state index contributed by atoms with van der Waals surface area (Å²) in [4.78, 5) is 14.2. The minimum atomic E-state index is -0.322. The van der Waals surface area contributed by atoms with Gasteiger partial charge in [-0.25, -0.2) is 0 Å². The normalized spacial score (nSPS) is 18.2. The molecule has 1 saturated heterocycles. The van der Waals surface area contributed by atoms with Crippen molar-refractivity contribution in [3.63, 3.8) is 0 Å². The summed E-state index contributed by atoms with van der Waals surface area (Å²) in [6.45, 7) is 18.2. The Morgan fingerprint density at radius 3 is 2.22 bits per heavy atom. The van der Waals surface area contributed by atoms with E-state index in [-0.39, 0.29) is 11.3 Å². The molecule has 0 radical (unpaired) electrons. The molecule has 0 unspecified atom stereocenters. The molecule has 1 aliphatic rings. The Morgan fingerprint density at radius 2 is 1.70 bits per heavy atom. The second-order valence-electron chi connectivity index (χ2n) is 9.17. The number of ether oxygens (including phenoxy) is 1. The summed E-state index contributed by atoms with van der Waals surface area (Å²) in [5.74, 6) is 0.974. The van der Waals surface area contributed by atoms with Crippen LogP contribution in [0.1, 0.15) is 60.8 Å². The van der Waals surface area contributed by atoms with Crippen LogP contribution in [-0.2, 0) is 9.53 Å². The van der Waals surface area contributed by atoms with Crippen LogP contribution < -0.4 is 5.32 Å². The third kappa shape index (κ3) is 9.31. The van der Waals surface area contributed by atoms with Gasteiger partial charge in [-0.2, -0.15) is 0 Å². The summed E-state index contributed by atoms with van der Waals surface area (Å²) in [7, 11) is 0. The van der Waals surface area contributed by atoms with Crippen molar-refractivity contribution in [3.8, 4) is 0 Å². The molecule has 1 heterocycles. The maximum Gasteiger partial charge on any atom is 0.225 e. The Labute approximate surface area is 143 Å². The second kappa shape index (κ2) is 9.03. The standard InChI is InChI=1S/C19H38N2O2/c1-18(2,3)15-16-7-10-21(11-8-16)12-14-23-13-9-20-17(22)19(4,5)6/h16H,7-15H2,1-6H3,(H,20,22). The molecular weight excluding hydrogens is 288 g/mol. The molecule has 1 fully saturated rings. The van der Waals surface area contributed by atoms with Crippen LogP contribution in [0.2, 0.25) is 0 Å². The number of nitrogens with one attached hydrogen (secondary N) is 1. The number of rotatable bonds is 7. The maximum absolute atomic E-state index is 11.7. The zero-order valence-electron chi connectivity index (χ0n) is 16.2. The van der Waals surface area contributed by atoms with Crippen LogP contribution in [-0.4, -0.2) is 50.2 Å². The van der Waals surface area contributed by atoms with Crippen LogP contribution >= 0.6 is 0 Å². The van der Waals surface area contributed by atoms with Crippen LogP contribution in [0.4, 0.5) is 0 Å². The van der Waals surface area contributed by atoms with Gasteiger partial charge in [0.15, 0.2) is 0 Å². The fourth-order valence-electron chi connectivity index (χ4n) is 3.08. The lowest BCUT2D eigenvalue weighted by Gasteiger charge is -2.34. The molecule has 1 aliphatic heterocycles. The number of nitrogens with zero attached hydrogens (tertiary/aromatic N) is 1. The van der Waals surface area contributed by atoms with E-state index >= 15 is 0 Å². The first-order valence-electron chi connectivity index (χ1n) is 9.16. The van der Waals surface area contributed by atoms with E-state index in [0.717, 1.165) is 19.1 Å². The van der Waals surface area contributed by atoms with E-state index in [1.54, 1.807) is 0 Å². The minimum absolute atomic E-state index is 0.0852. The van der Waals surface area contributed by atoms with Crippen LogP contribution in [0, 0.1) is 16.7 Å². The van der Waals surface area contributed by atoms with E-state index in [0.29, 0.717) is 18.6 Å². The van der Waals surface area contributed by atoms with Crippen molar-refractivity contribution in [3.05, 3.63) is 0 Å². The van der Waals surface area contributed by atoms with Crippen LogP contribution in [0.25, 0.3) is 0 Å². The Hall–Kier alpha value is -0.610. The van der Waals surface area contributed by atoms with E-state index < -0.39 is 0 Å². The average Bonchev–Trinajstić information content (AvgIpc) is 2.41. The monoisotopic (exact) mass is 326 g/mol. The Bertz CT molecular complexity index is 347. The number of amides is 1. The molecule has 136 valence electrons. The number of carbonyl (C=O) groups excluding carboxylic acids is 1. The van der Waals surface area contributed by atoms with E-state index in [4.69, 9.17) is 4.74 Å².